The first-order valence-electron chi connectivity index (χ1n) is 27.1. The molecule has 10 aromatic rings. The maximum atomic E-state index is 10.2. The van der Waals surface area contributed by atoms with Gasteiger partial charge in [-0.05, 0) is 120 Å². The van der Waals surface area contributed by atoms with Crippen LogP contribution in [0.2, 0.25) is 0 Å². The third-order valence-corrected chi connectivity index (χ3v) is 10.7. The van der Waals surface area contributed by atoms with Crippen molar-refractivity contribution in [3.63, 3.8) is 0 Å². The lowest BCUT2D eigenvalue weighted by molar-refractivity contribution is 0.670. The predicted octanol–water partition coefficient (Wildman–Crippen LogP) is 14.0. The maximum absolute atomic E-state index is 10.2. The van der Waals surface area contributed by atoms with Crippen LogP contribution >= 0.6 is 0 Å². The fourth-order valence-corrected chi connectivity index (χ4v) is 7.48. The van der Waals surface area contributed by atoms with Gasteiger partial charge in [-0.2, -0.15) is 5.26 Å². The molecule has 0 spiro atoms. The van der Waals surface area contributed by atoms with Gasteiger partial charge in [-0.25, -0.2) is 0 Å². The van der Waals surface area contributed by atoms with Gasteiger partial charge in [0.05, 0.1) is 30.1 Å². The van der Waals surface area contributed by atoms with E-state index in [2.05, 4.69) is 21.0 Å². The van der Waals surface area contributed by atoms with Crippen LogP contribution in [0.1, 0.15) is 62.3 Å². The number of hydrogen-bond acceptors (Lipinski definition) is 5. The average Bonchev–Trinajstić information content (AvgIpc) is 3.85. The molecular formula is C59H46N4O. The van der Waals surface area contributed by atoms with Crippen molar-refractivity contribution in [3.05, 3.63) is 233 Å². The van der Waals surface area contributed by atoms with E-state index < -0.39 is 54.9 Å². The van der Waals surface area contributed by atoms with Gasteiger partial charge in [0.1, 0.15) is 11.2 Å². The van der Waals surface area contributed by atoms with Gasteiger partial charge in [-0.1, -0.05) is 139 Å². The van der Waals surface area contributed by atoms with Crippen LogP contribution in [0.3, 0.4) is 0 Å². The van der Waals surface area contributed by atoms with Gasteiger partial charge >= 0.3 is 0 Å². The molecule has 64 heavy (non-hydrogen) atoms. The molecule has 308 valence electrons. The van der Waals surface area contributed by atoms with E-state index in [9.17, 15) is 21.7 Å². The molecule has 0 bridgehead atoms. The predicted molar refractivity (Wildman–Crippen MR) is 260 cm³/mol. The number of benzene rings is 6. The molecule has 0 aliphatic carbocycles. The Balaban J connectivity index is 1.06. The number of aryl methyl sites for hydroxylation is 7. The van der Waals surface area contributed by atoms with Crippen LogP contribution in [0, 0.1) is 18.3 Å². The third kappa shape index (κ3) is 8.73. The normalized spacial score (nSPS) is 15.6. The van der Waals surface area contributed by atoms with Crippen LogP contribution in [-0.4, -0.2) is 15.0 Å². The first-order valence-corrected chi connectivity index (χ1v) is 20.6. The van der Waals surface area contributed by atoms with Gasteiger partial charge in [0, 0.05) is 68.1 Å². The van der Waals surface area contributed by atoms with Gasteiger partial charge in [0.2, 0.25) is 0 Å². The lowest BCUT2D eigenvalue weighted by Gasteiger charge is -2.12. The van der Waals surface area contributed by atoms with Gasteiger partial charge < -0.3 is 4.42 Å². The average molecular weight is 840 g/mol. The van der Waals surface area contributed by atoms with E-state index in [0.29, 0.717) is 55.7 Å². The molecule has 0 saturated carbocycles. The number of rotatable bonds is 13. The van der Waals surface area contributed by atoms with E-state index in [0.717, 1.165) is 41.1 Å². The summed E-state index contributed by atoms with van der Waals surface area (Å²) in [4.78, 5) is 13.4. The molecule has 0 N–H and O–H groups in total. The molecule has 0 amide bonds. The molecular weight excluding hydrogens is 781 g/mol. The minimum atomic E-state index is -3.15. The highest BCUT2D eigenvalue weighted by atomic mass is 16.3. The van der Waals surface area contributed by atoms with Crippen molar-refractivity contribution in [1.29, 1.82) is 5.26 Å². The Morgan fingerprint density at radius 3 is 1.45 bits per heavy atom. The first-order chi connectivity index (χ1) is 36.5. The molecule has 0 atom stereocenters. The SMILES string of the molecule is [2H]c1cc2c(oc3c(-c4ccc(C([2H])([2H])C([2H])([2H])c5cc(C([2H])([2H])C([2H])([2H])c6ccc(-c7ccccc7)nc6)cc(C([2H])([2H])C([2H])([2H])c6ccc(-c7ccccc7)nc6)c5)cn4)cccc32)c(-c2ccc(C)cc2)c1C#N. The summed E-state index contributed by atoms with van der Waals surface area (Å²) in [5, 5.41) is 11.4. The smallest absolute Gasteiger partial charge is 0.144 e. The molecule has 0 unspecified atom stereocenters. The first kappa shape index (κ1) is 27.9. The zero-order valence-electron chi connectivity index (χ0n) is 47.5. The summed E-state index contributed by atoms with van der Waals surface area (Å²) < 4.78 is 128. The number of hydrogen-bond donors (Lipinski definition) is 0. The summed E-state index contributed by atoms with van der Waals surface area (Å²) >= 11 is 0. The van der Waals surface area contributed by atoms with Crippen LogP contribution in [-0.2, 0) is 38.2 Å². The van der Waals surface area contributed by atoms with Crippen molar-refractivity contribution in [2.75, 3.05) is 0 Å². The Labute approximate surface area is 392 Å². The number of pyridine rings is 3. The summed E-state index contributed by atoms with van der Waals surface area (Å²) in [5.41, 5.74) is 3.87. The van der Waals surface area contributed by atoms with Crippen molar-refractivity contribution < 1.29 is 22.2 Å². The monoisotopic (exact) mass is 839 g/mol. The highest BCUT2D eigenvalue weighted by molar-refractivity contribution is 6.13. The summed E-state index contributed by atoms with van der Waals surface area (Å²) in [6, 6.07) is 46.3. The van der Waals surface area contributed by atoms with Gasteiger partial charge in [-0.3, -0.25) is 15.0 Å². The van der Waals surface area contributed by atoms with Crippen molar-refractivity contribution in [2.24, 2.45) is 0 Å². The lowest BCUT2D eigenvalue weighted by Crippen LogP contribution is -2.00. The van der Waals surface area contributed by atoms with E-state index in [4.69, 9.17) is 5.79 Å². The standard InChI is InChI=1S/C59H46N4O/c1-40-15-26-49(27-16-40)57-50(36-60)28-29-52-51-13-8-14-53(58(51)64-59(52)57)56-32-25-43(39-63-56)19-22-46-34-44(20-17-41-23-30-54(61-37-41)47-9-4-2-5-10-47)33-45(35-46)21-18-42-24-31-55(62-38-42)48-11-6-3-7-12-48/h2-16,23-35,37-39H,17-22H2,1H3/i17D2,18D2,19D2,20D2,21D2,22D2,28D. The molecule has 0 saturated heterocycles. The summed E-state index contributed by atoms with van der Waals surface area (Å²) in [6.07, 6.45) is -14.7. The molecule has 10 rings (SSSR count). The van der Waals surface area contributed by atoms with Crippen LogP contribution in [0.4, 0.5) is 0 Å². The van der Waals surface area contributed by atoms with E-state index >= 15 is 0 Å². The Bertz CT molecular complexity index is 3760. The fraction of sp³-hybridized carbons (Fsp3) is 0.119. The summed E-state index contributed by atoms with van der Waals surface area (Å²) in [6.45, 7) is 1.94. The van der Waals surface area contributed by atoms with Crippen molar-refractivity contribution >= 4 is 21.9 Å². The molecule has 5 nitrogen and oxygen atoms in total. The molecule has 4 heterocycles. The number of nitriles is 1. The van der Waals surface area contributed by atoms with E-state index in [-0.39, 0.29) is 28.3 Å². The van der Waals surface area contributed by atoms with Crippen LogP contribution in [0.25, 0.3) is 66.8 Å². The Morgan fingerprint density at radius 2 is 0.969 bits per heavy atom. The topological polar surface area (TPSA) is 75.6 Å². The third-order valence-electron chi connectivity index (χ3n) is 10.7. The summed E-state index contributed by atoms with van der Waals surface area (Å²) in [7, 11) is 0. The second kappa shape index (κ2) is 18.2. The van der Waals surface area contributed by atoms with Crippen LogP contribution < -0.4 is 0 Å². The Hall–Kier alpha value is -7.94. The van der Waals surface area contributed by atoms with Crippen molar-refractivity contribution in [3.8, 4) is 51.0 Å². The number of nitrogens with zero attached hydrogens (tertiary/aromatic N) is 4. The van der Waals surface area contributed by atoms with E-state index in [1.165, 1.54) is 48.8 Å². The molecule has 4 aromatic heterocycles. The number of furan rings is 1. The minimum absolute atomic E-state index is 0.0160. The highest BCUT2D eigenvalue weighted by Crippen LogP contribution is 2.41. The number of fused-ring (bicyclic) bond motifs is 3. The molecule has 0 fully saturated rings. The zero-order valence-corrected chi connectivity index (χ0v) is 34.5. The van der Waals surface area contributed by atoms with Gasteiger partial charge in [-0.15, -0.1) is 0 Å². The van der Waals surface area contributed by atoms with Crippen molar-refractivity contribution in [2.45, 2.75) is 45.2 Å². The number of aromatic nitrogens is 3. The number of para-hydroxylation sites is 1. The largest absolute Gasteiger partial charge is 0.455 e. The Kier molecular flexibility index (Phi) is 7.93. The molecule has 0 aliphatic rings. The van der Waals surface area contributed by atoms with Crippen LogP contribution in [0.5, 0.6) is 0 Å². The fourth-order valence-electron chi connectivity index (χ4n) is 7.48. The highest BCUT2D eigenvalue weighted by Gasteiger charge is 2.19. The second-order valence-corrected chi connectivity index (χ2v) is 15.1. The molecule has 5 heteroatoms. The lowest BCUT2D eigenvalue weighted by atomic mass is 9.94. The quantitative estimate of drug-likeness (QED) is 0.116. The minimum Gasteiger partial charge on any atom is -0.455 e. The summed E-state index contributed by atoms with van der Waals surface area (Å²) in [5.74, 6) is 0. The Morgan fingerprint density at radius 1 is 0.484 bits per heavy atom. The van der Waals surface area contributed by atoms with Crippen LogP contribution in [0.15, 0.2) is 193 Å². The molecule has 0 aliphatic heterocycles. The molecule has 0 radical (unpaired) electrons. The molecule has 6 aromatic carbocycles. The van der Waals surface area contributed by atoms with E-state index in [1.807, 2.05) is 97.9 Å². The van der Waals surface area contributed by atoms with Gasteiger partial charge in [0.15, 0.2) is 0 Å². The second-order valence-electron chi connectivity index (χ2n) is 15.1. The van der Waals surface area contributed by atoms with E-state index in [1.54, 1.807) is 18.2 Å². The van der Waals surface area contributed by atoms with Crippen molar-refractivity contribution in [1.82, 2.24) is 15.0 Å². The maximum Gasteiger partial charge on any atom is 0.144 e. The zero-order chi connectivity index (χ0) is 54.9. The van der Waals surface area contributed by atoms with Gasteiger partial charge in [0.25, 0.3) is 0 Å².